The van der Waals surface area contributed by atoms with Crippen LogP contribution in [-0.4, -0.2) is 0 Å². The molecule has 0 aromatic heterocycles. The Morgan fingerprint density at radius 1 is 1.17 bits per heavy atom. The maximum absolute atomic E-state index is 4.02. The predicted molar refractivity (Wildman–Crippen MR) is 58.6 cm³/mol. The van der Waals surface area contributed by atoms with Gasteiger partial charge in [-0.05, 0) is 28.5 Å². The van der Waals surface area contributed by atoms with E-state index in [1.807, 2.05) is 6.08 Å². The van der Waals surface area contributed by atoms with Crippen molar-refractivity contribution in [2.45, 2.75) is 19.8 Å². The van der Waals surface area contributed by atoms with Crippen LogP contribution in [0, 0.1) is 0 Å². The average molecular weight is 178 g/mol. The second-order valence-electron chi connectivity index (χ2n) is 3.14. The zero-order chi connectivity index (χ0) is 8.97. The van der Waals surface area contributed by atoms with Gasteiger partial charge in [0.25, 0.3) is 0 Å². The van der Waals surface area contributed by atoms with Crippen molar-refractivity contribution in [2.24, 2.45) is 0 Å². The van der Waals surface area contributed by atoms with E-state index in [-0.39, 0.29) is 0 Å². The summed E-state index contributed by atoms with van der Waals surface area (Å²) >= 11 is 4.02. The van der Waals surface area contributed by atoms with Gasteiger partial charge in [0.05, 0.1) is 0 Å². The lowest BCUT2D eigenvalue weighted by atomic mass is 10.0. The van der Waals surface area contributed by atoms with Gasteiger partial charge in [-0.15, -0.1) is 0 Å². The molecule has 1 rings (SSSR count). The Kier molecular flexibility index (Phi) is 3.42. The molecule has 0 saturated heterocycles. The summed E-state index contributed by atoms with van der Waals surface area (Å²) in [6.07, 6.45) is 1.98. The number of hydrogen-bond acceptors (Lipinski definition) is 1. The van der Waals surface area contributed by atoms with Crippen LogP contribution < -0.4 is 0 Å². The van der Waals surface area contributed by atoms with Crippen molar-refractivity contribution in [3.63, 3.8) is 0 Å². The Morgan fingerprint density at radius 2 is 1.75 bits per heavy atom. The summed E-state index contributed by atoms with van der Waals surface area (Å²) in [7, 11) is 0. The van der Waals surface area contributed by atoms with E-state index in [0.29, 0.717) is 5.92 Å². The van der Waals surface area contributed by atoms with Crippen molar-refractivity contribution >= 4 is 18.7 Å². The summed E-state index contributed by atoms with van der Waals surface area (Å²) in [6.45, 7) is 4.40. The maximum atomic E-state index is 4.02. The van der Waals surface area contributed by atoms with Crippen LogP contribution >= 0.6 is 12.6 Å². The molecule has 0 N–H and O–H groups in total. The average Bonchev–Trinajstić information content (AvgIpc) is 2.06. The molecule has 0 bridgehead atoms. The second kappa shape index (κ2) is 4.36. The van der Waals surface area contributed by atoms with Crippen molar-refractivity contribution < 1.29 is 0 Å². The van der Waals surface area contributed by atoms with Gasteiger partial charge in [-0.2, -0.15) is 12.6 Å². The van der Waals surface area contributed by atoms with E-state index in [1.165, 1.54) is 11.1 Å². The molecule has 0 aliphatic heterocycles. The first-order valence-electron chi connectivity index (χ1n) is 4.14. The van der Waals surface area contributed by atoms with Crippen LogP contribution in [-0.2, 0) is 0 Å². The molecule has 0 amide bonds. The van der Waals surface area contributed by atoms with E-state index in [2.05, 4.69) is 50.7 Å². The first kappa shape index (κ1) is 9.40. The molecule has 0 aliphatic rings. The maximum Gasteiger partial charge on any atom is -0.0219 e. The van der Waals surface area contributed by atoms with Gasteiger partial charge >= 0.3 is 0 Å². The van der Waals surface area contributed by atoms with Crippen LogP contribution in [0.15, 0.2) is 29.7 Å². The molecule has 1 heteroatoms. The van der Waals surface area contributed by atoms with Crippen molar-refractivity contribution in [1.29, 1.82) is 0 Å². The Morgan fingerprint density at radius 3 is 2.17 bits per heavy atom. The Hall–Kier alpha value is -0.690. The standard InChI is InChI=1S/C11H14S/c1-9(2)11-5-3-10(4-6-11)7-8-12/h3-9,12H,1-2H3/b8-7+. The van der Waals surface area contributed by atoms with Gasteiger partial charge < -0.3 is 0 Å². The van der Waals surface area contributed by atoms with Gasteiger partial charge in [0.15, 0.2) is 0 Å². The Balaban J connectivity index is 2.85. The molecule has 0 atom stereocenters. The van der Waals surface area contributed by atoms with Crippen LogP contribution in [0.4, 0.5) is 0 Å². The topological polar surface area (TPSA) is 0 Å². The molecule has 0 heterocycles. The van der Waals surface area contributed by atoms with E-state index < -0.39 is 0 Å². The second-order valence-corrected chi connectivity index (χ2v) is 3.44. The number of hydrogen-bond donors (Lipinski definition) is 1. The molecule has 1 aromatic rings. The van der Waals surface area contributed by atoms with Crippen LogP contribution in [0.3, 0.4) is 0 Å². The molecule has 0 fully saturated rings. The van der Waals surface area contributed by atoms with Gasteiger partial charge in [0.1, 0.15) is 0 Å². The first-order chi connectivity index (χ1) is 5.74. The van der Waals surface area contributed by atoms with Gasteiger partial charge in [-0.3, -0.25) is 0 Å². The molecule has 0 nitrogen and oxygen atoms in total. The van der Waals surface area contributed by atoms with E-state index >= 15 is 0 Å². The summed E-state index contributed by atoms with van der Waals surface area (Å²) in [5.74, 6) is 0.610. The lowest BCUT2D eigenvalue weighted by Crippen LogP contribution is -1.85. The molecular formula is C11H14S. The lowest BCUT2D eigenvalue weighted by Gasteiger charge is -2.04. The van der Waals surface area contributed by atoms with Crippen LogP contribution in [0.25, 0.3) is 6.08 Å². The third-order valence-electron chi connectivity index (χ3n) is 1.87. The zero-order valence-electron chi connectivity index (χ0n) is 7.49. The normalized spacial score (nSPS) is 11.3. The highest BCUT2D eigenvalue weighted by atomic mass is 32.1. The molecule has 0 saturated carbocycles. The molecular weight excluding hydrogens is 164 g/mol. The molecule has 1 aromatic carbocycles. The van der Waals surface area contributed by atoms with Gasteiger partial charge in [-0.1, -0.05) is 38.1 Å². The quantitative estimate of drug-likeness (QED) is 0.656. The summed E-state index contributed by atoms with van der Waals surface area (Å²) in [5, 5.41) is 1.75. The minimum atomic E-state index is 0.610. The van der Waals surface area contributed by atoms with E-state index in [0.717, 1.165) is 0 Å². The fraction of sp³-hybridized carbons (Fsp3) is 0.273. The summed E-state index contributed by atoms with van der Waals surface area (Å²) in [5.41, 5.74) is 2.58. The fourth-order valence-electron chi connectivity index (χ4n) is 1.08. The van der Waals surface area contributed by atoms with Gasteiger partial charge in [0.2, 0.25) is 0 Å². The fourth-order valence-corrected chi connectivity index (χ4v) is 1.25. The minimum Gasteiger partial charge on any atom is -0.151 e. The third-order valence-corrected chi connectivity index (χ3v) is 2.02. The smallest absolute Gasteiger partial charge is 0.0219 e. The first-order valence-corrected chi connectivity index (χ1v) is 4.66. The summed E-state index contributed by atoms with van der Waals surface area (Å²) < 4.78 is 0. The highest BCUT2D eigenvalue weighted by molar-refractivity contribution is 7.83. The number of thiol groups is 1. The number of rotatable bonds is 2. The van der Waals surface area contributed by atoms with E-state index in [9.17, 15) is 0 Å². The largest absolute Gasteiger partial charge is 0.151 e. The SMILES string of the molecule is CC(C)c1ccc(/C=C/S)cc1. The van der Waals surface area contributed by atoms with Crippen LogP contribution in [0.2, 0.25) is 0 Å². The Bertz CT molecular complexity index is 257. The molecule has 0 unspecified atom stereocenters. The van der Waals surface area contributed by atoms with Crippen molar-refractivity contribution in [3.8, 4) is 0 Å². The Labute approximate surface area is 79.7 Å². The van der Waals surface area contributed by atoms with E-state index in [4.69, 9.17) is 0 Å². The minimum absolute atomic E-state index is 0.610. The van der Waals surface area contributed by atoms with Crippen molar-refractivity contribution in [3.05, 3.63) is 40.8 Å². The van der Waals surface area contributed by atoms with Crippen molar-refractivity contribution in [1.82, 2.24) is 0 Å². The predicted octanol–water partition coefficient (Wildman–Crippen LogP) is 3.71. The van der Waals surface area contributed by atoms with Crippen molar-refractivity contribution in [2.75, 3.05) is 0 Å². The monoisotopic (exact) mass is 178 g/mol. The van der Waals surface area contributed by atoms with Crippen LogP contribution in [0.5, 0.6) is 0 Å². The molecule has 0 spiro atoms. The summed E-state index contributed by atoms with van der Waals surface area (Å²) in [4.78, 5) is 0. The summed E-state index contributed by atoms with van der Waals surface area (Å²) in [6, 6.07) is 8.55. The van der Waals surface area contributed by atoms with Gasteiger partial charge in [-0.25, -0.2) is 0 Å². The molecule has 0 radical (unpaired) electrons. The zero-order valence-corrected chi connectivity index (χ0v) is 8.38. The highest BCUT2D eigenvalue weighted by Crippen LogP contribution is 2.15. The molecule has 64 valence electrons. The number of benzene rings is 1. The van der Waals surface area contributed by atoms with E-state index in [1.54, 1.807) is 5.41 Å². The van der Waals surface area contributed by atoms with Gasteiger partial charge in [0, 0.05) is 0 Å². The highest BCUT2D eigenvalue weighted by Gasteiger charge is 1.96. The molecule has 0 aliphatic carbocycles. The molecule has 12 heavy (non-hydrogen) atoms. The van der Waals surface area contributed by atoms with Crippen LogP contribution in [0.1, 0.15) is 30.9 Å². The lowest BCUT2D eigenvalue weighted by molar-refractivity contribution is 0.866. The third kappa shape index (κ3) is 2.42.